The van der Waals surface area contributed by atoms with E-state index in [0.717, 1.165) is 32.2 Å². The van der Waals surface area contributed by atoms with Crippen LogP contribution in [0.1, 0.15) is 47.5 Å². The van der Waals surface area contributed by atoms with Crippen LogP contribution in [0.4, 0.5) is 0 Å². The van der Waals surface area contributed by atoms with Gasteiger partial charge in [-0.25, -0.2) is 0 Å². The first-order chi connectivity index (χ1) is 7.16. The number of ether oxygens (including phenoxy) is 1. The van der Waals surface area contributed by atoms with Gasteiger partial charge in [0.25, 0.3) is 0 Å². The zero-order chi connectivity index (χ0) is 12.1. The lowest BCUT2D eigenvalue weighted by atomic mass is 10.2. The fourth-order valence-electron chi connectivity index (χ4n) is 1.28. The molecule has 2 nitrogen and oxygen atoms in total. The van der Waals surface area contributed by atoms with Gasteiger partial charge in [-0.1, -0.05) is 41.0 Å². The van der Waals surface area contributed by atoms with E-state index in [9.17, 15) is 0 Å². The van der Waals surface area contributed by atoms with Gasteiger partial charge in [0.05, 0.1) is 6.61 Å². The molecule has 0 radical (unpaired) electrons. The molecule has 0 N–H and O–H groups in total. The van der Waals surface area contributed by atoms with E-state index in [1.807, 2.05) is 13.8 Å². The van der Waals surface area contributed by atoms with E-state index < -0.39 is 0 Å². The van der Waals surface area contributed by atoms with Crippen molar-refractivity contribution in [3.8, 4) is 0 Å². The lowest BCUT2D eigenvalue weighted by molar-refractivity contribution is 0.106. The van der Waals surface area contributed by atoms with Crippen LogP contribution in [-0.2, 0) is 4.74 Å². The van der Waals surface area contributed by atoms with Gasteiger partial charge in [0, 0.05) is 19.7 Å². The Labute approximate surface area is 97.0 Å². The molecule has 0 aliphatic heterocycles. The van der Waals surface area contributed by atoms with Crippen LogP contribution in [0.15, 0.2) is 0 Å². The van der Waals surface area contributed by atoms with Crippen LogP contribution in [-0.4, -0.2) is 38.3 Å². The highest BCUT2D eigenvalue weighted by molar-refractivity contribution is 4.53. The highest BCUT2D eigenvalue weighted by Crippen LogP contribution is 1.95. The number of likely N-dealkylation sites (N-methyl/N-ethyl adjacent to an activating group) is 1. The molecule has 0 rings (SSSR count). The molecule has 2 heteroatoms. The van der Waals surface area contributed by atoms with Crippen LogP contribution >= 0.6 is 0 Å². The third kappa shape index (κ3) is 16.6. The third-order valence-electron chi connectivity index (χ3n) is 1.94. The van der Waals surface area contributed by atoms with Gasteiger partial charge >= 0.3 is 0 Å². The summed E-state index contributed by atoms with van der Waals surface area (Å²) in [5, 5.41) is 0. The summed E-state index contributed by atoms with van der Waals surface area (Å²) in [4.78, 5) is 2.33. The quantitative estimate of drug-likeness (QED) is 0.578. The van der Waals surface area contributed by atoms with E-state index >= 15 is 0 Å². The number of hydrogen-bond acceptors (Lipinski definition) is 2. The van der Waals surface area contributed by atoms with Crippen molar-refractivity contribution in [2.24, 2.45) is 5.92 Å². The maximum atomic E-state index is 5.48. The summed E-state index contributed by atoms with van der Waals surface area (Å²) in [6.45, 7) is 14.7. The lowest BCUT2D eigenvalue weighted by Gasteiger charge is -2.18. The van der Waals surface area contributed by atoms with Gasteiger partial charge < -0.3 is 9.64 Å². The van der Waals surface area contributed by atoms with Crippen molar-refractivity contribution in [1.29, 1.82) is 0 Å². The van der Waals surface area contributed by atoms with Crippen molar-refractivity contribution in [2.45, 2.75) is 47.5 Å². The Balaban J connectivity index is 0. The molecule has 0 aromatic rings. The maximum absolute atomic E-state index is 5.48. The summed E-state index contributed by atoms with van der Waals surface area (Å²) in [5.74, 6) is 0.751. The molecular weight excluding hydrogens is 186 g/mol. The minimum Gasteiger partial charge on any atom is -0.380 e. The summed E-state index contributed by atoms with van der Waals surface area (Å²) in [7, 11) is 2.16. The topological polar surface area (TPSA) is 12.5 Å². The monoisotopic (exact) mass is 217 g/mol. The number of nitrogens with zero attached hydrogens (tertiary/aromatic N) is 1. The average Bonchev–Trinajstić information content (AvgIpc) is 2.19. The molecule has 0 saturated heterocycles. The highest BCUT2D eigenvalue weighted by Gasteiger charge is 2.00. The molecular formula is C13H31NO. The molecule has 0 amide bonds. The third-order valence-corrected chi connectivity index (χ3v) is 1.94. The molecule has 0 saturated carbocycles. The molecule has 0 heterocycles. The second-order valence-electron chi connectivity index (χ2n) is 4.12. The largest absolute Gasteiger partial charge is 0.380 e. The molecule has 0 unspecified atom stereocenters. The van der Waals surface area contributed by atoms with E-state index in [1.54, 1.807) is 0 Å². The second-order valence-corrected chi connectivity index (χ2v) is 4.12. The van der Waals surface area contributed by atoms with Gasteiger partial charge in [-0.3, -0.25) is 0 Å². The Kier molecular flexibility index (Phi) is 16.1. The molecule has 0 atom stereocenters. The summed E-state index contributed by atoms with van der Waals surface area (Å²) in [5.41, 5.74) is 0. The minimum atomic E-state index is 0.751. The molecule has 0 fully saturated rings. The molecule has 0 bridgehead atoms. The van der Waals surface area contributed by atoms with Gasteiger partial charge in [-0.2, -0.15) is 0 Å². The summed E-state index contributed by atoms with van der Waals surface area (Å²) in [6.07, 6.45) is 2.41. The second kappa shape index (κ2) is 13.9. The normalized spacial score (nSPS) is 10.4. The van der Waals surface area contributed by atoms with Crippen molar-refractivity contribution in [2.75, 3.05) is 33.4 Å². The SMILES string of the molecule is CC.CCCCOCCN(C)CC(C)C. The van der Waals surface area contributed by atoms with Crippen molar-refractivity contribution in [3.63, 3.8) is 0 Å². The number of hydrogen-bond donors (Lipinski definition) is 0. The molecule has 0 aliphatic carbocycles. The fourth-order valence-corrected chi connectivity index (χ4v) is 1.28. The van der Waals surface area contributed by atoms with Crippen molar-refractivity contribution >= 4 is 0 Å². The Morgan fingerprint density at radius 2 is 1.73 bits per heavy atom. The maximum Gasteiger partial charge on any atom is 0.0593 e. The molecule has 0 aromatic heterocycles. The molecule has 0 aliphatic rings. The Bertz CT molecular complexity index is 105. The first-order valence-electron chi connectivity index (χ1n) is 6.43. The first-order valence-corrected chi connectivity index (χ1v) is 6.43. The van der Waals surface area contributed by atoms with Gasteiger partial charge in [0.1, 0.15) is 0 Å². The highest BCUT2D eigenvalue weighted by atomic mass is 16.5. The summed E-state index contributed by atoms with van der Waals surface area (Å²) < 4.78 is 5.48. The predicted molar refractivity (Wildman–Crippen MR) is 69.4 cm³/mol. The smallest absolute Gasteiger partial charge is 0.0593 e. The van der Waals surface area contributed by atoms with Gasteiger partial charge in [0.2, 0.25) is 0 Å². The van der Waals surface area contributed by atoms with Crippen LogP contribution in [0, 0.1) is 5.92 Å². The zero-order valence-electron chi connectivity index (χ0n) is 11.7. The van der Waals surface area contributed by atoms with E-state index in [0.29, 0.717) is 0 Å². The number of unbranched alkanes of at least 4 members (excludes halogenated alkanes) is 1. The summed E-state index contributed by atoms with van der Waals surface area (Å²) in [6, 6.07) is 0. The molecule has 0 spiro atoms. The number of rotatable bonds is 8. The van der Waals surface area contributed by atoms with Crippen LogP contribution in [0.3, 0.4) is 0 Å². The first kappa shape index (κ1) is 17.3. The molecule has 0 aromatic carbocycles. The van der Waals surface area contributed by atoms with E-state index in [2.05, 4.69) is 32.7 Å². The van der Waals surface area contributed by atoms with Gasteiger partial charge in [0.15, 0.2) is 0 Å². The predicted octanol–water partition coefficient (Wildman–Crippen LogP) is 3.42. The minimum absolute atomic E-state index is 0.751. The Morgan fingerprint density at radius 3 is 2.20 bits per heavy atom. The lowest BCUT2D eigenvalue weighted by Crippen LogP contribution is -2.27. The van der Waals surface area contributed by atoms with Gasteiger partial charge in [-0.05, 0) is 19.4 Å². The Morgan fingerprint density at radius 1 is 1.13 bits per heavy atom. The van der Waals surface area contributed by atoms with E-state index in [-0.39, 0.29) is 0 Å². The van der Waals surface area contributed by atoms with Crippen LogP contribution in [0.2, 0.25) is 0 Å². The van der Waals surface area contributed by atoms with Crippen LogP contribution < -0.4 is 0 Å². The fraction of sp³-hybridized carbons (Fsp3) is 1.00. The van der Waals surface area contributed by atoms with E-state index in [4.69, 9.17) is 4.74 Å². The zero-order valence-corrected chi connectivity index (χ0v) is 11.7. The van der Waals surface area contributed by atoms with Crippen molar-refractivity contribution in [3.05, 3.63) is 0 Å². The van der Waals surface area contributed by atoms with Crippen molar-refractivity contribution in [1.82, 2.24) is 4.90 Å². The molecule has 94 valence electrons. The van der Waals surface area contributed by atoms with Gasteiger partial charge in [-0.15, -0.1) is 0 Å². The van der Waals surface area contributed by atoms with E-state index in [1.165, 1.54) is 12.8 Å². The standard InChI is InChI=1S/C11H25NO.C2H6/c1-5-6-8-13-9-7-12(4)10-11(2)3;1-2/h11H,5-10H2,1-4H3;1-2H3. The van der Waals surface area contributed by atoms with Crippen molar-refractivity contribution < 1.29 is 4.74 Å². The Hall–Kier alpha value is -0.0800. The average molecular weight is 217 g/mol. The molecule has 15 heavy (non-hydrogen) atoms. The summed E-state index contributed by atoms with van der Waals surface area (Å²) >= 11 is 0. The van der Waals surface area contributed by atoms with Crippen LogP contribution in [0.5, 0.6) is 0 Å². The van der Waals surface area contributed by atoms with Crippen LogP contribution in [0.25, 0.3) is 0 Å².